The molecule has 1 heterocycles. The fourth-order valence-corrected chi connectivity index (χ4v) is 0.957. The number of nitrogens with zero attached hydrogens (tertiary/aromatic N) is 1. The zero-order chi connectivity index (χ0) is 9.14. The number of aryl methyl sites for hydroxylation is 1. The maximum absolute atomic E-state index is 5.71. The summed E-state index contributed by atoms with van der Waals surface area (Å²) in [6.45, 7) is 6.07. The first-order chi connectivity index (χ1) is 5.59. The van der Waals surface area contributed by atoms with Crippen molar-refractivity contribution in [1.82, 2.24) is 4.98 Å². The molecule has 0 aliphatic carbocycles. The van der Waals surface area contributed by atoms with Crippen molar-refractivity contribution in [2.24, 2.45) is 0 Å². The van der Waals surface area contributed by atoms with Crippen LogP contribution in [0.15, 0.2) is 12.1 Å². The Balaban J connectivity index is 2.90. The molecule has 66 valence electrons. The molecule has 0 unspecified atom stereocenters. The van der Waals surface area contributed by atoms with Crippen molar-refractivity contribution in [1.29, 1.82) is 0 Å². The second-order valence-electron chi connectivity index (χ2n) is 3.19. The van der Waals surface area contributed by atoms with Gasteiger partial charge >= 0.3 is 0 Å². The summed E-state index contributed by atoms with van der Waals surface area (Å²) in [5.74, 6) is 0.782. The van der Waals surface area contributed by atoms with E-state index in [0.717, 1.165) is 11.5 Å². The van der Waals surface area contributed by atoms with E-state index in [9.17, 15) is 0 Å². The molecular weight excluding hydrogens is 150 g/mol. The Morgan fingerprint density at radius 2 is 2.08 bits per heavy atom. The molecule has 0 saturated heterocycles. The van der Waals surface area contributed by atoms with E-state index in [2.05, 4.69) is 24.1 Å². The fourth-order valence-electron chi connectivity index (χ4n) is 0.957. The molecule has 0 aliphatic rings. The lowest BCUT2D eigenvalue weighted by Crippen LogP contribution is -2.13. The van der Waals surface area contributed by atoms with E-state index >= 15 is 0 Å². The van der Waals surface area contributed by atoms with Gasteiger partial charge in [0.25, 0.3) is 0 Å². The summed E-state index contributed by atoms with van der Waals surface area (Å²) in [6.07, 6.45) is 0. The zero-order valence-corrected chi connectivity index (χ0v) is 7.76. The molecule has 1 rings (SSSR count). The highest BCUT2D eigenvalue weighted by Gasteiger charge is 2.01. The first kappa shape index (κ1) is 8.84. The van der Waals surface area contributed by atoms with Gasteiger partial charge in [-0.25, -0.2) is 4.98 Å². The van der Waals surface area contributed by atoms with Crippen LogP contribution in [0, 0.1) is 6.92 Å². The Kier molecular flexibility index (Phi) is 2.53. The van der Waals surface area contributed by atoms with Gasteiger partial charge in [-0.3, -0.25) is 0 Å². The van der Waals surface area contributed by atoms with Crippen LogP contribution in [-0.4, -0.2) is 11.0 Å². The molecule has 0 spiro atoms. The molecule has 0 amide bonds. The molecule has 0 fully saturated rings. The number of nitrogen functional groups attached to an aromatic ring is 1. The fraction of sp³-hybridized carbons (Fsp3) is 0.444. The Labute approximate surface area is 73.0 Å². The molecule has 0 atom stereocenters. The molecule has 0 aromatic carbocycles. The van der Waals surface area contributed by atoms with Crippen molar-refractivity contribution in [3.63, 3.8) is 0 Å². The molecule has 1 aromatic rings. The third-order valence-electron chi connectivity index (χ3n) is 1.49. The van der Waals surface area contributed by atoms with E-state index < -0.39 is 0 Å². The molecule has 3 nitrogen and oxygen atoms in total. The number of rotatable bonds is 2. The lowest BCUT2D eigenvalue weighted by Gasteiger charge is -2.11. The van der Waals surface area contributed by atoms with Crippen molar-refractivity contribution < 1.29 is 0 Å². The normalized spacial score (nSPS) is 10.3. The minimum Gasteiger partial charge on any atom is -0.396 e. The molecule has 0 bridgehead atoms. The van der Waals surface area contributed by atoms with Gasteiger partial charge in [0.15, 0.2) is 0 Å². The minimum atomic E-state index is 0.363. The van der Waals surface area contributed by atoms with Gasteiger partial charge in [0.05, 0.1) is 5.69 Å². The number of anilines is 2. The maximum atomic E-state index is 5.71. The number of hydrogen-bond donors (Lipinski definition) is 2. The second kappa shape index (κ2) is 3.43. The summed E-state index contributed by atoms with van der Waals surface area (Å²) in [7, 11) is 0. The summed E-state index contributed by atoms with van der Waals surface area (Å²) in [5.41, 5.74) is 7.39. The molecule has 12 heavy (non-hydrogen) atoms. The number of hydrogen-bond acceptors (Lipinski definition) is 3. The van der Waals surface area contributed by atoms with Gasteiger partial charge in [0.1, 0.15) is 5.82 Å². The summed E-state index contributed by atoms with van der Waals surface area (Å²) >= 11 is 0. The quantitative estimate of drug-likeness (QED) is 0.702. The molecule has 3 heteroatoms. The highest BCUT2D eigenvalue weighted by atomic mass is 15.0. The summed E-state index contributed by atoms with van der Waals surface area (Å²) in [4.78, 5) is 4.28. The van der Waals surface area contributed by atoms with E-state index in [-0.39, 0.29) is 0 Å². The number of pyridine rings is 1. The van der Waals surface area contributed by atoms with Crippen molar-refractivity contribution in [2.75, 3.05) is 11.1 Å². The first-order valence-electron chi connectivity index (χ1n) is 4.09. The van der Waals surface area contributed by atoms with Gasteiger partial charge in [0, 0.05) is 11.7 Å². The smallest absolute Gasteiger partial charge is 0.149 e. The highest BCUT2D eigenvalue weighted by molar-refractivity contribution is 5.61. The van der Waals surface area contributed by atoms with E-state index in [0.29, 0.717) is 11.7 Å². The van der Waals surface area contributed by atoms with E-state index in [1.165, 1.54) is 0 Å². The van der Waals surface area contributed by atoms with Gasteiger partial charge in [-0.1, -0.05) is 0 Å². The number of aromatic nitrogens is 1. The zero-order valence-electron chi connectivity index (χ0n) is 7.76. The predicted molar refractivity (Wildman–Crippen MR) is 52.1 cm³/mol. The van der Waals surface area contributed by atoms with Crippen LogP contribution < -0.4 is 11.1 Å². The van der Waals surface area contributed by atoms with E-state index in [1.807, 2.05) is 19.1 Å². The van der Waals surface area contributed by atoms with Crippen LogP contribution >= 0.6 is 0 Å². The Morgan fingerprint density at radius 3 is 2.67 bits per heavy atom. The van der Waals surface area contributed by atoms with Crippen LogP contribution in [0.3, 0.4) is 0 Å². The Morgan fingerprint density at radius 1 is 1.42 bits per heavy atom. The van der Waals surface area contributed by atoms with Gasteiger partial charge < -0.3 is 11.1 Å². The monoisotopic (exact) mass is 165 g/mol. The molecule has 0 radical (unpaired) electrons. The van der Waals surface area contributed by atoms with Gasteiger partial charge in [0.2, 0.25) is 0 Å². The van der Waals surface area contributed by atoms with Gasteiger partial charge in [-0.05, 0) is 32.9 Å². The number of nitrogens with one attached hydrogen (secondary N) is 1. The summed E-state index contributed by atoms with van der Waals surface area (Å²) in [5, 5.41) is 3.18. The average Bonchev–Trinajstić information content (AvgIpc) is 1.96. The first-order valence-corrected chi connectivity index (χ1v) is 4.09. The minimum absolute atomic E-state index is 0.363. The van der Waals surface area contributed by atoms with Crippen molar-refractivity contribution >= 4 is 11.5 Å². The molecule has 3 N–H and O–H groups in total. The van der Waals surface area contributed by atoms with Crippen LogP contribution in [0.1, 0.15) is 19.5 Å². The van der Waals surface area contributed by atoms with E-state index in [4.69, 9.17) is 5.73 Å². The third kappa shape index (κ3) is 2.12. The second-order valence-corrected chi connectivity index (χ2v) is 3.19. The molecular formula is C9H15N3. The predicted octanol–water partition coefficient (Wildman–Crippen LogP) is 1.79. The summed E-state index contributed by atoms with van der Waals surface area (Å²) in [6, 6.07) is 4.13. The standard InChI is InChI=1S/C9H15N3/c1-6(2)11-9-8(10)5-4-7(3)12-9/h4-6H,10H2,1-3H3,(H,11,12). The third-order valence-corrected chi connectivity index (χ3v) is 1.49. The lowest BCUT2D eigenvalue weighted by atomic mass is 10.3. The van der Waals surface area contributed by atoms with Crippen LogP contribution in [0.25, 0.3) is 0 Å². The van der Waals surface area contributed by atoms with Crippen LogP contribution in [0.2, 0.25) is 0 Å². The van der Waals surface area contributed by atoms with Gasteiger partial charge in [-0.15, -0.1) is 0 Å². The van der Waals surface area contributed by atoms with Gasteiger partial charge in [-0.2, -0.15) is 0 Å². The van der Waals surface area contributed by atoms with Crippen LogP contribution in [0.5, 0.6) is 0 Å². The molecule has 0 saturated carbocycles. The molecule has 1 aromatic heterocycles. The topological polar surface area (TPSA) is 50.9 Å². The summed E-state index contributed by atoms with van der Waals surface area (Å²) < 4.78 is 0. The van der Waals surface area contributed by atoms with Crippen LogP contribution in [-0.2, 0) is 0 Å². The van der Waals surface area contributed by atoms with Crippen molar-refractivity contribution in [3.8, 4) is 0 Å². The largest absolute Gasteiger partial charge is 0.396 e. The molecule has 0 aliphatic heterocycles. The lowest BCUT2D eigenvalue weighted by molar-refractivity contribution is 0.888. The average molecular weight is 165 g/mol. The Bertz CT molecular complexity index is 268. The van der Waals surface area contributed by atoms with Crippen LogP contribution in [0.4, 0.5) is 11.5 Å². The van der Waals surface area contributed by atoms with E-state index in [1.54, 1.807) is 0 Å². The Hall–Kier alpha value is -1.25. The van der Waals surface area contributed by atoms with Crippen molar-refractivity contribution in [2.45, 2.75) is 26.8 Å². The number of nitrogens with two attached hydrogens (primary N) is 1. The highest BCUT2D eigenvalue weighted by Crippen LogP contribution is 2.15. The van der Waals surface area contributed by atoms with Crippen molar-refractivity contribution in [3.05, 3.63) is 17.8 Å². The maximum Gasteiger partial charge on any atom is 0.149 e. The SMILES string of the molecule is Cc1ccc(N)c(NC(C)C)n1.